The van der Waals surface area contributed by atoms with Crippen molar-refractivity contribution in [3.63, 3.8) is 0 Å². The average molecular weight is 399 g/mol. The summed E-state index contributed by atoms with van der Waals surface area (Å²) < 4.78 is 7.21. The van der Waals surface area contributed by atoms with Crippen LogP contribution < -0.4 is 5.32 Å². The van der Waals surface area contributed by atoms with E-state index in [-0.39, 0.29) is 0 Å². The second kappa shape index (κ2) is 10.4. The lowest BCUT2D eigenvalue weighted by molar-refractivity contribution is 0.172. The van der Waals surface area contributed by atoms with Crippen molar-refractivity contribution < 1.29 is 4.74 Å². The van der Waals surface area contributed by atoms with Crippen LogP contribution in [-0.2, 0) is 24.4 Å². The van der Waals surface area contributed by atoms with Gasteiger partial charge in [-0.2, -0.15) is 5.10 Å². The molecule has 1 aliphatic rings. The van der Waals surface area contributed by atoms with Gasteiger partial charge in [-0.25, -0.2) is 0 Å². The highest BCUT2D eigenvalue weighted by Crippen LogP contribution is 2.13. The Kier molecular flexibility index (Phi) is 7.66. The zero-order valence-corrected chi connectivity index (χ0v) is 18.2. The van der Waals surface area contributed by atoms with Crippen LogP contribution in [0.5, 0.6) is 0 Å². The third-order valence-electron chi connectivity index (χ3n) is 5.59. The van der Waals surface area contributed by atoms with Gasteiger partial charge < -0.3 is 15.0 Å². The molecule has 29 heavy (non-hydrogen) atoms. The van der Waals surface area contributed by atoms with Gasteiger partial charge in [0.25, 0.3) is 0 Å². The summed E-state index contributed by atoms with van der Waals surface area (Å²) in [5, 5.41) is 8.19. The van der Waals surface area contributed by atoms with E-state index in [1.165, 1.54) is 16.8 Å². The number of ether oxygens (including phenoxy) is 1. The molecule has 2 heterocycles. The van der Waals surface area contributed by atoms with Crippen LogP contribution in [0.3, 0.4) is 0 Å². The molecule has 1 fully saturated rings. The van der Waals surface area contributed by atoms with Gasteiger partial charge in [-0.15, -0.1) is 0 Å². The second-order valence-electron chi connectivity index (χ2n) is 7.51. The zero-order chi connectivity index (χ0) is 20.6. The molecule has 0 bridgehead atoms. The predicted molar refractivity (Wildman–Crippen MR) is 117 cm³/mol. The Morgan fingerprint density at radius 1 is 1.14 bits per heavy atom. The molecule has 158 valence electrons. The first-order valence-electron chi connectivity index (χ1n) is 10.4. The molecule has 1 N–H and O–H groups in total. The standard InChI is InChI=1S/C22H34N6O/c1-18-21(19(2)28(25-18)14-15-29-4)16-24-22(23-3)27-12-10-26(11-13-27)17-20-8-6-5-7-9-20/h5-9H,10-17H2,1-4H3,(H,23,24). The molecule has 1 aromatic heterocycles. The lowest BCUT2D eigenvalue weighted by Crippen LogP contribution is -2.52. The number of methoxy groups -OCH3 is 1. The van der Waals surface area contributed by atoms with Crippen LogP contribution in [0.25, 0.3) is 0 Å². The van der Waals surface area contributed by atoms with Crippen LogP contribution in [-0.4, -0.2) is 72.5 Å². The van der Waals surface area contributed by atoms with Crippen LogP contribution in [0.4, 0.5) is 0 Å². The Morgan fingerprint density at radius 2 is 1.86 bits per heavy atom. The van der Waals surface area contributed by atoms with E-state index in [1.54, 1.807) is 7.11 Å². The van der Waals surface area contributed by atoms with Crippen molar-refractivity contribution in [1.82, 2.24) is 24.9 Å². The molecule has 1 saturated heterocycles. The molecule has 0 aliphatic carbocycles. The maximum Gasteiger partial charge on any atom is 0.194 e. The largest absolute Gasteiger partial charge is 0.383 e. The number of rotatable bonds is 7. The molecule has 7 nitrogen and oxygen atoms in total. The van der Waals surface area contributed by atoms with E-state index < -0.39 is 0 Å². The van der Waals surface area contributed by atoms with Gasteiger partial charge in [0.15, 0.2) is 5.96 Å². The number of piperazine rings is 1. The Bertz CT molecular complexity index is 793. The predicted octanol–water partition coefficient (Wildman–Crippen LogP) is 2.04. The molecule has 0 unspecified atom stereocenters. The van der Waals surface area contributed by atoms with E-state index in [1.807, 2.05) is 11.7 Å². The number of hydrogen-bond acceptors (Lipinski definition) is 4. The monoisotopic (exact) mass is 398 g/mol. The van der Waals surface area contributed by atoms with Gasteiger partial charge in [-0.3, -0.25) is 14.6 Å². The number of hydrogen-bond donors (Lipinski definition) is 1. The quantitative estimate of drug-likeness (QED) is 0.571. The fourth-order valence-electron chi connectivity index (χ4n) is 3.84. The van der Waals surface area contributed by atoms with Gasteiger partial charge in [-0.1, -0.05) is 30.3 Å². The van der Waals surface area contributed by atoms with Crippen molar-refractivity contribution >= 4 is 5.96 Å². The SMILES string of the molecule is CN=C(NCc1c(C)nn(CCOC)c1C)N1CCN(Cc2ccccc2)CC1. The van der Waals surface area contributed by atoms with Gasteiger partial charge >= 0.3 is 0 Å². The smallest absolute Gasteiger partial charge is 0.194 e. The maximum atomic E-state index is 5.18. The first kappa shape index (κ1) is 21.3. The highest BCUT2D eigenvalue weighted by atomic mass is 16.5. The molecule has 2 aromatic rings. The number of aromatic nitrogens is 2. The van der Waals surface area contributed by atoms with Gasteiger partial charge in [0, 0.05) is 64.7 Å². The third-order valence-corrected chi connectivity index (χ3v) is 5.59. The minimum Gasteiger partial charge on any atom is -0.383 e. The minimum absolute atomic E-state index is 0.670. The summed E-state index contributed by atoms with van der Waals surface area (Å²) in [5.41, 5.74) is 4.87. The summed E-state index contributed by atoms with van der Waals surface area (Å²) in [6.07, 6.45) is 0. The molecule has 7 heteroatoms. The molecule has 0 amide bonds. The van der Waals surface area contributed by atoms with Crippen molar-refractivity contribution in [3.8, 4) is 0 Å². The number of nitrogens with zero attached hydrogens (tertiary/aromatic N) is 5. The highest BCUT2D eigenvalue weighted by molar-refractivity contribution is 5.80. The molecular formula is C22H34N6O. The molecule has 0 atom stereocenters. The Balaban J connectivity index is 1.52. The Labute approximate surface area is 174 Å². The first-order chi connectivity index (χ1) is 14.1. The molecule has 1 aromatic carbocycles. The van der Waals surface area contributed by atoms with E-state index in [4.69, 9.17) is 4.74 Å². The first-order valence-corrected chi connectivity index (χ1v) is 10.4. The number of aliphatic imine (C=N–C) groups is 1. The van der Waals surface area contributed by atoms with Crippen LogP contribution in [0, 0.1) is 13.8 Å². The normalized spacial score (nSPS) is 15.7. The molecule has 0 radical (unpaired) electrons. The van der Waals surface area contributed by atoms with E-state index in [9.17, 15) is 0 Å². The van der Waals surface area contributed by atoms with Crippen LogP contribution in [0.2, 0.25) is 0 Å². The van der Waals surface area contributed by atoms with Crippen LogP contribution in [0.1, 0.15) is 22.5 Å². The van der Waals surface area contributed by atoms with Gasteiger partial charge in [0.05, 0.1) is 18.8 Å². The lowest BCUT2D eigenvalue weighted by Gasteiger charge is -2.36. The Morgan fingerprint density at radius 3 is 2.52 bits per heavy atom. The summed E-state index contributed by atoms with van der Waals surface area (Å²) in [6.45, 7) is 11.4. The maximum absolute atomic E-state index is 5.18. The van der Waals surface area contributed by atoms with Crippen LogP contribution >= 0.6 is 0 Å². The average Bonchev–Trinajstić information content (AvgIpc) is 3.01. The molecule has 0 spiro atoms. The third kappa shape index (κ3) is 5.58. The molecule has 1 aliphatic heterocycles. The van der Waals surface area contributed by atoms with Crippen LogP contribution in [0.15, 0.2) is 35.3 Å². The van der Waals surface area contributed by atoms with E-state index in [0.29, 0.717) is 6.61 Å². The summed E-state index contributed by atoms with van der Waals surface area (Å²) in [5.74, 6) is 0.966. The van der Waals surface area contributed by atoms with Gasteiger partial charge in [-0.05, 0) is 19.4 Å². The van der Waals surface area contributed by atoms with Gasteiger partial charge in [0.2, 0.25) is 0 Å². The summed E-state index contributed by atoms with van der Waals surface area (Å²) in [6, 6.07) is 10.7. The summed E-state index contributed by atoms with van der Waals surface area (Å²) in [7, 11) is 3.58. The van der Waals surface area contributed by atoms with Crippen molar-refractivity contribution in [2.75, 3.05) is 46.9 Å². The molecular weight excluding hydrogens is 364 g/mol. The lowest BCUT2D eigenvalue weighted by atomic mass is 10.2. The zero-order valence-electron chi connectivity index (χ0n) is 18.2. The minimum atomic E-state index is 0.670. The number of guanidine groups is 1. The van der Waals surface area contributed by atoms with E-state index in [2.05, 4.69) is 69.4 Å². The number of nitrogens with one attached hydrogen (secondary N) is 1. The van der Waals surface area contributed by atoms with Crippen molar-refractivity contribution in [1.29, 1.82) is 0 Å². The fraction of sp³-hybridized carbons (Fsp3) is 0.545. The topological polar surface area (TPSA) is 57.9 Å². The number of aryl methyl sites for hydroxylation is 1. The fourth-order valence-corrected chi connectivity index (χ4v) is 3.84. The van der Waals surface area contributed by atoms with Crippen molar-refractivity contribution in [3.05, 3.63) is 52.8 Å². The molecule has 0 saturated carbocycles. The highest BCUT2D eigenvalue weighted by Gasteiger charge is 2.20. The summed E-state index contributed by atoms with van der Waals surface area (Å²) >= 11 is 0. The number of benzene rings is 1. The van der Waals surface area contributed by atoms with Gasteiger partial charge in [0.1, 0.15) is 0 Å². The Hall–Kier alpha value is -2.38. The van der Waals surface area contributed by atoms with Crippen molar-refractivity contribution in [2.45, 2.75) is 33.5 Å². The molecule has 3 rings (SSSR count). The van der Waals surface area contributed by atoms with E-state index in [0.717, 1.165) is 57.5 Å². The van der Waals surface area contributed by atoms with Crippen molar-refractivity contribution in [2.24, 2.45) is 4.99 Å². The van der Waals surface area contributed by atoms with E-state index >= 15 is 0 Å². The summed E-state index contributed by atoms with van der Waals surface area (Å²) in [4.78, 5) is 9.37. The second-order valence-corrected chi connectivity index (χ2v) is 7.51.